The van der Waals surface area contributed by atoms with Crippen LogP contribution in [0.25, 0.3) is 22.6 Å². The molecule has 0 saturated carbocycles. The maximum absolute atomic E-state index is 13.7. The van der Waals surface area contributed by atoms with Crippen LogP contribution in [-0.4, -0.2) is 20.9 Å². The van der Waals surface area contributed by atoms with Crippen molar-refractivity contribution >= 4 is 5.91 Å². The Labute approximate surface area is 181 Å². The fourth-order valence-electron chi connectivity index (χ4n) is 3.13. The molecule has 3 rings (SSSR count). The van der Waals surface area contributed by atoms with E-state index in [1.165, 1.54) is 24.5 Å². The third kappa shape index (κ3) is 4.86. The van der Waals surface area contributed by atoms with Crippen molar-refractivity contribution in [2.24, 2.45) is 11.1 Å². The first-order valence-electron chi connectivity index (χ1n) is 9.44. The van der Waals surface area contributed by atoms with Crippen LogP contribution in [0.4, 0.5) is 13.2 Å². The van der Waals surface area contributed by atoms with Crippen molar-refractivity contribution in [3.8, 4) is 35.0 Å². The van der Waals surface area contributed by atoms with Crippen LogP contribution >= 0.6 is 0 Å². The lowest BCUT2D eigenvalue weighted by atomic mass is 9.84. The summed E-state index contributed by atoms with van der Waals surface area (Å²) in [4.78, 5) is 34.5. The molecule has 0 saturated heterocycles. The lowest BCUT2D eigenvalue weighted by Gasteiger charge is -2.21. The van der Waals surface area contributed by atoms with Crippen LogP contribution < -0.4 is 11.3 Å². The highest BCUT2D eigenvalue weighted by molar-refractivity contribution is 5.80. The highest BCUT2D eigenvalue weighted by atomic mass is 19.4. The largest absolute Gasteiger partial charge is 0.417 e. The number of hydrogen-bond acceptors (Lipinski definition) is 4. The fourth-order valence-corrected chi connectivity index (χ4v) is 3.13. The topological polar surface area (TPSA) is 102 Å². The molecule has 0 atom stereocenters. The van der Waals surface area contributed by atoms with Gasteiger partial charge in [-0.05, 0) is 30.2 Å². The molecule has 2 heterocycles. The molecule has 0 radical (unpaired) electrons. The highest BCUT2D eigenvalue weighted by Crippen LogP contribution is 2.37. The number of alkyl halides is 3. The van der Waals surface area contributed by atoms with Crippen LogP contribution in [0.5, 0.6) is 0 Å². The zero-order valence-electron chi connectivity index (χ0n) is 17.2. The van der Waals surface area contributed by atoms with Crippen molar-refractivity contribution < 1.29 is 18.0 Å². The van der Waals surface area contributed by atoms with Gasteiger partial charge in [-0.2, -0.15) is 13.2 Å². The van der Waals surface area contributed by atoms with Crippen LogP contribution in [0.15, 0.2) is 47.5 Å². The number of amides is 1. The Balaban J connectivity index is 2.20. The van der Waals surface area contributed by atoms with Crippen molar-refractivity contribution in [1.29, 1.82) is 0 Å². The maximum atomic E-state index is 13.7. The van der Waals surface area contributed by atoms with Gasteiger partial charge in [0.15, 0.2) is 0 Å². The first kappa shape index (κ1) is 22.7. The Morgan fingerprint density at radius 1 is 1.19 bits per heavy atom. The molecule has 0 aliphatic heterocycles. The second-order valence-corrected chi connectivity index (χ2v) is 7.89. The molecular weight excluding hydrogens is 421 g/mol. The first-order chi connectivity index (χ1) is 14.9. The molecule has 2 aromatic heterocycles. The standard InChI is InChI=1S/C23H19F3N4O2/c1-4-13-7-15(12-28-11-13)18-9-19(31)30-20(29-18)16-8-14(10-22(2,3)21(27)32)5-6-17(16)23(24,25)26/h1,5-9,11-12H,10H2,2-3H3,(H2,27,32)(H,29,30,31). The van der Waals surface area contributed by atoms with Crippen LogP contribution in [0.1, 0.15) is 30.5 Å². The van der Waals surface area contributed by atoms with Crippen LogP contribution in [0.2, 0.25) is 0 Å². The Morgan fingerprint density at radius 2 is 1.91 bits per heavy atom. The van der Waals surface area contributed by atoms with Gasteiger partial charge in [-0.15, -0.1) is 6.42 Å². The molecule has 0 fully saturated rings. The van der Waals surface area contributed by atoms with Crippen molar-refractivity contribution in [2.75, 3.05) is 0 Å². The number of terminal acetylenes is 1. The van der Waals surface area contributed by atoms with Crippen LogP contribution in [0.3, 0.4) is 0 Å². The summed E-state index contributed by atoms with van der Waals surface area (Å²) < 4.78 is 41.2. The number of aromatic nitrogens is 3. The quantitative estimate of drug-likeness (QED) is 0.593. The molecule has 6 nitrogen and oxygen atoms in total. The Bertz CT molecular complexity index is 1290. The summed E-state index contributed by atoms with van der Waals surface area (Å²) >= 11 is 0. The number of nitrogens with zero attached hydrogens (tertiary/aromatic N) is 2. The number of pyridine rings is 1. The third-order valence-corrected chi connectivity index (χ3v) is 4.90. The molecule has 1 aromatic carbocycles. The van der Waals surface area contributed by atoms with E-state index in [4.69, 9.17) is 12.2 Å². The predicted molar refractivity (Wildman–Crippen MR) is 113 cm³/mol. The van der Waals surface area contributed by atoms with E-state index < -0.39 is 28.6 Å². The number of carbonyl (C=O) groups excluding carboxylic acids is 1. The minimum atomic E-state index is -4.70. The van der Waals surface area contributed by atoms with E-state index in [1.807, 2.05) is 0 Å². The molecule has 0 unspecified atom stereocenters. The summed E-state index contributed by atoms with van der Waals surface area (Å²) in [6.07, 6.45) is 3.61. The van der Waals surface area contributed by atoms with Gasteiger partial charge in [0.2, 0.25) is 5.91 Å². The monoisotopic (exact) mass is 440 g/mol. The Hall–Kier alpha value is -3.93. The Kier molecular flexibility index (Phi) is 5.90. The van der Waals surface area contributed by atoms with Crippen molar-refractivity contribution in [3.63, 3.8) is 0 Å². The average molecular weight is 440 g/mol. The lowest BCUT2D eigenvalue weighted by molar-refractivity contribution is -0.137. The first-order valence-corrected chi connectivity index (χ1v) is 9.44. The summed E-state index contributed by atoms with van der Waals surface area (Å²) in [5.41, 5.74) is 3.82. The normalized spacial score (nSPS) is 11.8. The van der Waals surface area contributed by atoms with E-state index in [2.05, 4.69) is 20.9 Å². The molecule has 164 valence electrons. The number of rotatable bonds is 5. The molecular formula is C23H19F3N4O2. The molecule has 3 aromatic rings. The van der Waals surface area contributed by atoms with E-state index in [9.17, 15) is 22.8 Å². The zero-order valence-corrected chi connectivity index (χ0v) is 17.2. The molecule has 9 heteroatoms. The van der Waals surface area contributed by atoms with Gasteiger partial charge in [-0.25, -0.2) is 4.98 Å². The number of nitrogens with one attached hydrogen (secondary N) is 1. The molecule has 0 bridgehead atoms. The minimum Gasteiger partial charge on any atom is -0.369 e. The number of aromatic amines is 1. The number of halogens is 3. The van der Waals surface area contributed by atoms with Gasteiger partial charge in [-0.3, -0.25) is 14.6 Å². The van der Waals surface area contributed by atoms with E-state index in [1.54, 1.807) is 19.9 Å². The minimum absolute atomic E-state index is 0.103. The van der Waals surface area contributed by atoms with Crippen LogP contribution in [0, 0.1) is 17.8 Å². The van der Waals surface area contributed by atoms with Crippen molar-refractivity contribution in [3.05, 3.63) is 69.8 Å². The van der Waals surface area contributed by atoms with Crippen LogP contribution in [-0.2, 0) is 17.4 Å². The Morgan fingerprint density at radius 3 is 2.53 bits per heavy atom. The zero-order chi connectivity index (χ0) is 23.7. The summed E-state index contributed by atoms with van der Waals surface area (Å²) in [5.74, 6) is 1.54. The van der Waals surface area contributed by atoms with E-state index in [0.717, 1.165) is 12.1 Å². The second kappa shape index (κ2) is 8.30. The third-order valence-electron chi connectivity index (χ3n) is 4.90. The molecule has 0 aliphatic carbocycles. The SMILES string of the molecule is C#Cc1cncc(-c2cc(=O)[nH]c(-c3cc(CC(C)(C)C(N)=O)ccc3C(F)(F)F)n2)c1. The molecule has 0 spiro atoms. The van der Waals surface area contributed by atoms with E-state index in [0.29, 0.717) is 16.7 Å². The van der Waals surface area contributed by atoms with Gasteiger partial charge in [0.25, 0.3) is 5.56 Å². The number of hydrogen-bond donors (Lipinski definition) is 2. The van der Waals surface area contributed by atoms with E-state index in [-0.39, 0.29) is 23.5 Å². The lowest BCUT2D eigenvalue weighted by Crippen LogP contribution is -2.33. The molecule has 3 N–H and O–H groups in total. The molecule has 1 amide bonds. The average Bonchev–Trinajstić information content (AvgIpc) is 2.72. The van der Waals surface area contributed by atoms with Gasteiger partial charge >= 0.3 is 6.18 Å². The second-order valence-electron chi connectivity index (χ2n) is 7.89. The smallest absolute Gasteiger partial charge is 0.369 e. The number of carbonyl (C=O) groups is 1. The molecule has 0 aliphatic rings. The summed E-state index contributed by atoms with van der Waals surface area (Å²) in [7, 11) is 0. The van der Waals surface area contributed by atoms with Gasteiger partial charge in [0, 0.05) is 40.6 Å². The maximum Gasteiger partial charge on any atom is 0.417 e. The summed E-state index contributed by atoms with van der Waals surface area (Å²) in [6, 6.07) is 6.13. The number of H-pyrrole nitrogens is 1. The summed E-state index contributed by atoms with van der Waals surface area (Å²) in [6.45, 7) is 3.19. The van der Waals surface area contributed by atoms with Crippen molar-refractivity contribution in [1.82, 2.24) is 15.0 Å². The number of benzene rings is 1. The fraction of sp³-hybridized carbons (Fsp3) is 0.217. The van der Waals surface area contributed by atoms with Gasteiger partial charge < -0.3 is 10.7 Å². The van der Waals surface area contributed by atoms with Gasteiger partial charge in [-0.1, -0.05) is 25.8 Å². The predicted octanol–water partition coefficient (Wildman–Crippen LogP) is 3.55. The highest BCUT2D eigenvalue weighted by Gasteiger charge is 2.35. The van der Waals surface area contributed by atoms with E-state index >= 15 is 0 Å². The number of primary amides is 1. The van der Waals surface area contributed by atoms with Gasteiger partial charge in [0.05, 0.1) is 11.3 Å². The van der Waals surface area contributed by atoms with Gasteiger partial charge in [0.1, 0.15) is 5.82 Å². The number of nitrogens with two attached hydrogens (primary N) is 1. The van der Waals surface area contributed by atoms with Crippen molar-refractivity contribution in [2.45, 2.75) is 26.4 Å². The summed E-state index contributed by atoms with van der Waals surface area (Å²) in [5, 5.41) is 0. The molecule has 32 heavy (non-hydrogen) atoms.